The molecule has 0 spiro atoms. The van der Waals surface area contributed by atoms with Crippen LogP contribution >= 0.6 is 0 Å². The molecule has 0 aliphatic heterocycles. The van der Waals surface area contributed by atoms with Crippen LogP contribution in [-0.2, 0) is 13.5 Å². The molecule has 0 aliphatic rings. The normalized spacial score (nSPS) is 11.0. The van der Waals surface area contributed by atoms with Gasteiger partial charge < -0.3 is 4.57 Å². The van der Waals surface area contributed by atoms with Crippen molar-refractivity contribution in [3.63, 3.8) is 0 Å². The van der Waals surface area contributed by atoms with Gasteiger partial charge in [-0.3, -0.25) is 0 Å². The molecule has 0 bridgehead atoms. The molecule has 1 aromatic rings. The zero-order chi connectivity index (χ0) is 8.97. The molecular weight excluding hydrogens is 146 g/mol. The standard InChI is InChI=1S/C11H19N/c1-10(2)6-4-7-11-8-5-9-12(11)3/h5,8-10H,4,6-7H2,1-3H3. The van der Waals surface area contributed by atoms with Crippen LogP contribution in [0.2, 0.25) is 0 Å². The molecule has 0 amide bonds. The van der Waals surface area contributed by atoms with E-state index in [1.807, 2.05) is 0 Å². The smallest absolute Gasteiger partial charge is 0.0171 e. The molecule has 0 atom stereocenters. The highest BCUT2D eigenvalue weighted by Gasteiger charge is 1.98. The first kappa shape index (κ1) is 9.37. The second-order valence-electron chi connectivity index (χ2n) is 3.90. The highest BCUT2D eigenvalue weighted by molar-refractivity contribution is 5.06. The minimum absolute atomic E-state index is 0.838. The molecular formula is C11H19N. The summed E-state index contributed by atoms with van der Waals surface area (Å²) in [7, 11) is 2.12. The van der Waals surface area contributed by atoms with E-state index >= 15 is 0 Å². The van der Waals surface area contributed by atoms with E-state index in [1.54, 1.807) is 0 Å². The maximum atomic E-state index is 2.28. The van der Waals surface area contributed by atoms with Crippen molar-refractivity contribution >= 4 is 0 Å². The van der Waals surface area contributed by atoms with Gasteiger partial charge in [0.05, 0.1) is 0 Å². The molecule has 0 N–H and O–H groups in total. The Morgan fingerprint density at radius 1 is 1.42 bits per heavy atom. The van der Waals surface area contributed by atoms with Gasteiger partial charge in [0, 0.05) is 18.9 Å². The van der Waals surface area contributed by atoms with Gasteiger partial charge in [0.25, 0.3) is 0 Å². The molecule has 0 saturated heterocycles. The van der Waals surface area contributed by atoms with Crippen molar-refractivity contribution in [2.75, 3.05) is 0 Å². The summed E-state index contributed by atoms with van der Waals surface area (Å²) in [6.45, 7) is 4.57. The van der Waals surface area contributed by atoms with E-state index in [4.69, 9.17) is 0 Å². The lowest BCUT2D eigenvalue weighted by Crippen LogP contribution is -1.96. The number of aryl methyl sites for hydroxylation is 2. The summed E-state index contributed by atoms with van der Waals surface area (Å²) in [6, 6.07) is 4.32. The van der Waals surface area contributed by atoms with Gasteiger partial charge in [0.2, 0.25) is 0 Å². The van der Waals surface area contributed by atoms with Crippen molar-refractivity contribution in [2.45, 2.75) is 33.1 Å². The summed E-state index contributed by atoms with van der Waals surface area (Å²) in [5.41, 5.74) is 1.45. The fraction of sp³-hybridized carbons (Fsp3) is 0.636. The molecule has 0 saturated carbocycles. The van der Waals surface area contributed by atoms with Crippen molar-refractivity contribution in [1.29, 1.82) is 0 Å². The van der Waals surface area contributed by atoms with Crippen LogP contribution in [0.4, 0.5) is 0 Å². The van der Waals surface area contributed by atoms with E-state index in [0.717, 1.165) is 5.92 Å². The summed E-state index contributed by atoms with van der Waals surface area (Å²) in [4.78, 5) is 0. The molecule has 1 heterocycles. The van der Waals surface area contributed by atoms with Crippen molar-refractivity contribution < 1.29 is 0 Å². The third-order valence-electron chi connectivity index (χ3n) is 2.27. The third kappa shape index (κ3) is 2.72. The van der Waals surface area contributed by atoms with E-state index in [0.29, 0.717) is 0 Å². The fourth-order valence-corrected chi connectivity index (χ4v) is 1.45. The summed E-state index contributed by atoms with van der Waals surface area (Å²) < 4.78 is 2.21. The van der Waals surface area contributed by atoms with Gasteiger partial charge in [0.15, 0.2) is 0 Å². The molecule has 68 valence electrons. The Balaban J connectivity index is 2.29. The van der Waals surface area contributed by atoms with E-state index in [-0.39, 0.29) is 0 Å². The summed E-state index contributed by atoms with van der Waals surface area (Å²) in [5.74, 6) is 0.838. The molecule has 12 heavy (non-hydrogen) atoms. The third-order valence-corrected chi connectivity index (χ3v) is 2.27. The maximum absolute atomic E-state index is 2.28. The van der Waals surface area contributed by atoms with E-state index in [9.17, 15) is 0 Å². The van der Waals surface area contributed by atoms with E-state index in [2.05, 4.69) is 43.8 Å². The summed E-state index contributed by atoms with van der Waals surface area (Å²) >= 11 is 0. The fourth-order valence-electron chi connectivity index (χ4n) is 1.45. The van der Waals surface area contributed by atoms with Gasteiger partial charge in [0.1, 0.15) is 0 Å². The summed E-state index contributed by atoms with van der Waals surface area (Å²) in [6.07, 6.45) is 5.99. The van der Waals surface area contributed by atoms with Gasteiger partial charge in [-0.1, -0.05) is 20.3 Å². The molecule has 1 heteroatoms. The average molecular weight is 165 g/mol. The minimum Gasteiger partial charge on any atom is -0.354 e. The van der Waals surface area contributed by atoms with Crippen LogP contribution in [0.15, 0.2) is 18.3 Å². The van der Waals surface area contributed by atoms with Crippen molar-refractivity contribution in [3.05, 3.63) is 24.0 Å². The van der Waals surface area contributed by atoms with Crippen molar-refractivity contribution in [3.8, 4) is 0 Å². The van der Waals surface area contributed by atoms with Gasteiger partial charge in [-0.15, -0.1) is 0 Å². The second kappa shape index (κ2) is 4.34. The largest absolute Gasteiger partial charge is 0.354 e. The Bertz CT molecular complexity index is 223. The number of hydrogen-bond donors (Lipinski definition) is 0. The number of aromatic nitrogens is 1. The zero-order valence-corrected chi connectivity index (χ0v) is 8.38. The minimum atomic E-state index is 0.838. The molecule has 1 rings (SSSR count). The van der Waals surface area contributed by atoms with Crippen LogP contribution in [0, 0.1) is 5.92 Å². The highest BCUT2D eigenvalue weighted by Crippen LogP contribution is 2.09. The van der Waals surface area contributed by atoms with Crippen molar-refractivity contribution in [2.24, 2.45) is 13.0 Å². The predicted octanol–water partition coefficient (Wildman–Crippen LogP) is 3.00. The quantitative estimate of drug-likeness (QED) is 0.646. The van der Waals surface area contributed by atoms with Crippen LogP contribution in [0.3, 0.4) is 0 Å². The van der Waals surface area contributed by atoms with Gasteiger partial charge >= 0.3 is 0 Å². The number of hydrogen-bond acceptors (Lipinski definition) is 0. The van der Waals surface area contributed by atoms with Crippen molar-refractivity contribution in [1.82, 2.24) is 4.57 Å². The zero-order valence-electron chi connectivity index (χ0n) is 8.38. The highest BCUT2D eigenvalue weighted by atomic mass is 14.9. The van der Waals surface area contributed by atoms with E-state index < -0.39 is 0 Å². The number of nitrogens with zero attached hydrogens (tertiary/aromatic N) is 1. The van der Waals surface area contributed by atoms with Gasteiger partial charge in [-0.05, 0) is 30.9 Å². The van der Waals surface area contributed by atoms with E-state index in [1.165, 1.54) is 25.0 Å². The first-order valence-electron chi connectivity index (χ1n) is 4.80. The molecule has 0 unspecified atom stereocenters. The lowest BCUT2D eigenvalue weighted by atomic mass is 10.1. The molecule has 0 aromatic carbocycles. The SMILES string of the molecule is CC(C)CCCc1cccn1C. The topological polar surface area (TPSA) is 4.93 Å². The second-order valence-corrected chi connectivity index (χ2v) is 3.90. The van der Waals surface area contributed by atoms with Gasteiger partial charge in [-0.25, -0.2) is 0 Å². The Morgan fingerprint density at radius 3 is 2.67 bits per heavy atom. The lowest BCUT2D eigenvalue weighted by Gasteiger charge is -2.05. The summed E-state index contributed by atoms with van der Waals surface area (Å²) in [5, 5.41) is 0. The van der Waals surface area contributed by atoms with Crippen LogP contribution in [0.1, 0.15) is 32.4 Å². The Kier molecular flexibility index (Phi) is 3.39. The average Bonchev–Trinajstić information content (AvgIpc) is 2.36. The van der Waals surface area contributed by atoms with Crippen LogP contribution in [0.25, 0.3) is 0 Å². The Labute approximate surface area is 75.4 Å². The molecule has 0 radical (unpaired) electrons. The van der Waals surface area contributed by atoms with Gasteiger partial charge in [-0.2, -0.15) is 0 Å². The molecule has 1 nitrogen and oxygen atoms in total. The van der Waals surface area contributed by atoms with Crippen LogP contribution in [0.5, 0.6) is 0 Å². The first-order valence-corrected chi connectivity index (χ1v) is 4.80. The molecule has 1 aromatic heterocycles. The predicted molar refractivity (Wildman–Crippen MR) is 53.2 cm³/mol. The maximum Gasteiger partial charge on any atom is 0.0171 e. The monoisotopic (exact) mass is 165 g/mol. The molecule has 0 fully saturated rings. The first-order chi connectivity index (χ1) is 5.70. The van der Waals surface area contributed by atoms with Crippen LogP contribution < -0.4 is 0 Å². The molecule has 0 aliphatic carbocycles. The van der Waals surface area contributed by atoms with Crippen LogP contribution in [-0.4, -0.2) is 4.57 Å². The Morgan fingerprint density at radius 2 is 2.17 bits per heavy atom. The number of rotatable bonds is 4. The lowest BCUT2D eigenvalue weighted by molar-refractivity contribution is 0.549. The Hall–Kier alpha value is -0.720.